The number of hydrogen-bond acceptors (Lipinski definition) is 4. The normalized spacial score (nSPS) is 15.6. The summed E-state index contributed by atoms with van der Waals surface area (Å²) >= 11 is 5.92. The van der Waals surface area contributed by atoms with E-state index in [0.717, 1.165) is 24.0 Å². The van der Waals surface area contributed by atoms with Crippen molar-refractivity contribution in [1.29, 1.82) is 0 Å². The second kappa shape index (κ2) is 6.37. The van der Waals surface area contributed by atoms with Crippen LogP contribution in [-0.2, 0) is 4.79 Å². The van der Waals surface area contributed by atoms with E-state index in [1.165, 1.54) is 0 Å². The smallest absolute Gasteiger partial charge is 0.261 e. The number of hydrogen-bond donors (Lipinski definition) is 2. The molecule has 128 valence electrons. The summed E-state index contributed by atoms with van der Waals surface area (Å²) in [7, 11) is 0. The van der Waals surface area contributed by atoms with Crippen molar-refractivity contribution in [2.24, 2.45) is 0 Å². The largest absolute Gasteiger partial charge is 0.338 e. The number of carbonyl (C=O) groups excluding carboxylic acids is 1. The fourth-order valence-electron chi connectivity index (χ4n) is 3.30. The maximum Gasteiger partial charge on any atom is 0.261 e. The zero-order valence-electron chi connectivity index (χ0n) is 13.5. The summed E-state index contributed by atoms with van der Waals surface area (Å²) < 4.78 is 1.88. The highest BCUT2D eigenvalue weighted by Gasteiger charge is 2.24. The molecule has 3 aromatic rings. The van der Waals surface area contributed by atoms with E-state index in [9.17, 15) is 9.59 Å². The predicted octanol–water partition coefficient (Wildman–Crippen LogP) is 3.81. The first kappa shape index (κ1) is 15.9. The van der Waals surface area contributed by atoms with Gasteiger partial charge in [0.05, 0.1) is 11.6 Å². The molecule has 1 fully saturated rings. The highest BCUT2D eigenvalue weighted by atomic mass is 35.5. The van der Waals surface area contributed by atoms with Crippen molar-refractivity contribution in [2.45, 2.75) is 31.7 Å². The predicted molar refractivity (Wildman–Crippen MR) is 97.6 cm³/mol. The molecule has 1 aromatic carbocycles. The van der Waals surface area contributed by atoms with Crippen LogP contribution in [0.2, 0.25) is 5.02 Å². The topological polar surface area (TPSA) is 79.8 Å². The lowest BCUT2D eigenvalue weighted by atomic mass is 9.94. The minimum absolute atomic E-state index is 0.128. The van der Waals surface area contributed by atoms with Crippen LogP contribution in [0.4, 0.5) is 11.5 Å². The van der Waals surface area contributed by atoms with Gasteiger partial charge in [-0.3, -0.25) is 14.3 Å². The SMILES string of the molecule is O=C1CCC(n2nc(Nc3ccc(Cl)cc3)c3c(=O)[nH]ccc32)CC1. The lowest BCUT2D eigenvalue weighted by Crippen LogP contribution is -2.19. The molecule has 0 radical (unpaired) electrons. The number of benzene rings is 1. The van der Waals surface area contributed by atoms with Crippen LogP contribution < -0.4 is 10.9 Å². The molecule has 0 spiro atoms. The van der Waals surface area contributed by atoms with Crippen molar-refractivity contribution < 1.29 is 4.79 Å². The molecule has 1 saturated carbocycles. The third kappa shape index (κ3) is 3.05. The molecule has 4 rings (SSSR count). The van der Waals surface area contributed by atoms with Crippen molar-refractivity contribution >= 4 is 39.8 Å². The number of fused-ring (bicyclic) bond motifs is 1. The Kier molecular flexibility index (Phi) is 4.05. The first-order valence-corrected chi connectivity index (χ1v) is 8.64. The van der Waals surface area contributed by atoms with E-state index in [1.54, 1.807) is 18.3 Å². The van der Waals surface area contributed by atoms with E-state index in [1.807, 2.05) is 22.9 Å². The molecule has 2 heterocycles. The van der Waals surface area contributed by atoms with Crippen LogP contribution in [0.5, 0.6) is 0 Å². The van der Waals surface area contributed by atoms with Crippen LogP contribution in [0.1, 0.15) is 31.7 Å². The van der Waals surface area contributed by atoms with E-state index in [2.05, 4.69) is 15.4 Å². The standard InChI is InChI=1S/C18H17ClN4O2/c19-11-1-3-12(4-2-11)21-17-16-15(9-10-20-18(16)25)23(22-17)13-5-7-14(24)8-6-13/h1-4,9-10,13H,5-8H2,(H,20,25)(H,21,22). The number of pyridine rings is 1. The van der Waals surface area contributed by atoms with Crippen LogP contribution in [0.25, 0.3) is 10.9 Å². The average Bonchev–Trinajstić information content (AvgIpc) is 2.97. The van der Waals surface area contributed by atoms with Gasteiger partial charge < -0.3 is 10.3 Å². The Labute approximate surface area is 148 Å². The van der Waals surface area contributed by atoms with Gasteiger partial charge in [-0.15, -0.1) is 0 Å². The summed E-state index contributed by atoms with van der Waals surface area (Å²) in [6.45, 7) is 0. The van der Waals surface area contributed by atoms with E-state index in [4.69, 9.17) is 11.6 Å². The van der Waals surface area contributed by atoms with Gasteiger partial charge in [0.25, 0.3) is 5.56 Å². The van der Waals surface area contributed by atoms with Crippen LogP contribution in [-0.4, -0.2) is 20.5 Å². The summed E-state index contributed by atoms with van der Waals surface area (Å²) in [5.74, 6) is 0.807. The third-order valence-electron chi connectivity index (χ3n) is 4.60. The van der Waals surface area contributed by atoms with Gasteiger partial charge in [0, 0.05) is 29.7 Å². The number of rotatable bonds is 3. The number of aromatic amines is 1. The molecule has 7 heteroatoms. The molecule has 1 aliphatic rings. The Morgan fingerprint density at radius 2 is 1.84 bits per heavy atom. The maximum absolute atomic E-state index is 12.4. The Balaban J connectivity index is 1.77. The monoisotopic (exact) mass is 356 g/mol. The van der Waals surface area contributed by atoms with Crippen molar-refractivity contribution in [3.8, 4) is 0 Å². The second-order valence-electron chi connectivity index (χ2n) is 6.26. The molecular weight excluding hydrogens is 340 g/mol. The van der Waals surface area contributed by atoms with E-state index in [0.29, 0.717) is 34.9 Å². The molecule has 0 unspecified atom stereocenters. The molecule has 0 amide bonds. The fourth-order valence-corrected chi connectivity index (χ4v) is 3.43. The van der Waals surface area contributed by atoms with Crippen molar-refractivity contribution in [1.82, 2.24) is 14.8 Å². The van der Waals surface area contributed by atoms with E-state index in [-0.39, 0.29) is 11.6 Å². The Morgan fingerprint density at radius 3 is 2.56 bits per heavy atom. The van der Waals surface area contributed by atoms with Crippen molar-refractivity contribution in [3.63, 3.8) is 0 Å². The third-order valence-corrected chi connectivity index (χ3v) is 4.85. The molecule has 6 nitrogen and oxygen atoms in total. The minimum atomic E-state index is -0.188. The van der Waals surface area contributed by atoms with Gasteiger partial charge in [0.1, 0.15) is 11.2 Å². The van der Waals surface area contributed by atoms with Crippen molar-refractivity contribution in [2.75, 3.05) is 5.32 Å². The number of nitrogens with one attached hydrogen (secondary N) is 2. The molecular formula is C18H17ClN4O2. The molecule has 0 saturated heterocycles. The minimum Gasteiger partial charge on any atom is -0.338 e. The van der Waals surface area contributed by atoms with Gasteiger partial charge in [-0.05, 0) is 43.2 Å². The quantitative estimate of drug-likeness (QED) is 0.748. The molecule has 0 atom stereocenters. The van der Waals surface area contributed by atoms with Crippen LogP contribution in [0.15, 0.2) is 41.3 Å². The number of carbonyl (C=O) groups is 1. The first-order chi connectivity index (χ1) is 12.1. The zero-order chi connectivity index (χ0) is 17.4. The van der Waals surface area contributed by atoms with Gasteiger partial charge in [0.15, 0.2) is 5.82 Å². The van der Waals surface area contributed by atoms with Gasteiger partial charge in [-0.25, -0.2) is 0 Å². The molecule has 1 aliphatic carbocycles. The fraction of sp³-hybridized carbons (Fsp3) is 0.278. The molecule has 0 aliphatic heterocycles. The van der Waals surface area contributed by atoms with Gasteiger partial charge in [-0.2, -0.15) is 5.10 Å². The number of Topliss-reactive ketones (excluding diaryl/α,β-unsaturated/α-hetero) is 1. The summed E-state index contributed by atoms with van der Waals surface area (Å²) in [5, 5.41) is 9.03. The van der Waals surface area contributed by atoms with Gasteiger partial charge in [-0.1, -0.05) is 11.6 Å². The van der Waals surface area contributed by atoms with E-state index >= 15 is 0 Å². The number of aromatic nitrogens is 3. The van der Waals surface area contributed by atoms with Crippen LogP contribution >= 0.6 is 11.6 Å². The molecule has 0 bridgehead atoms. The number of anilines is 2. The number of ketones is 1. The highest BCUT2D eigenvalue weighted by molar-refractivity contribution is 6.30. The highest BCUT2D eigenvalue weighted by Crippen LogP contribution is 2.31. The van der Waals surface area contributed by atoms with Gasteiger partial charge >= 0.3 is 0 Å². The molecule has 2 N–H and O–H groups in total. The number of halogens is 1. The lowest BCUT2D eigenvalue weighted by molar-refractivity contribution is -0.120. The molecule has 2 aromatic heterocycles. The van der Waals surface area contributed by atoms with E-state index < -0.39 is 0 Å². The maximum atomic E-state index is 12.4. The summed E-state index contributed by atoms with van der Waals surface area (Å²) in [6.07, 6.45) is 4.26. The Morgan fingerprint density at radius 1 is 1.12 bits per heavy atom. The summed E-state index contributed by atoms with van der Waals surface area (Å²) in [5.41, 5.74) is 1.39. The van der Waals surface area contributed by atoms with Crippen LogP contribution in [0, 0.1) is 0 Å². The number of H-pyrrole nitrogens is 1. The van der Waals surface area contributed by atoms with Crippen LogP contribution in [0.3, 0.4) is 0 Å². The summed E-state index contributed by atoms with van der Waals surface area (Å²) in [4.78, 5) is 26.6. The Bertz CT molecular complexity index is 980. The van der Waals surface area contributed by atoms with Crippen molar-refractivity contribution in [3.05, 3.63) is 51.9 Å². The number of nitrogens with zero attached hydrogens (tertiary/aromatic N) is 2. The average molecular weight is 357 g/mol. The first-order valence-electron chi connectivity index (χ1n) is 8.26. The Hall–Kier alpha value is -2.60. The zero-order valence-corrected chi connectivity index (χ0v) is 14.2. The summed E-state index contributed by atoms with van der Waals surface area (Å²) in [6, 6.07) is 9.21. The lowest BCUT2D eigenvalue weighted by Gasteiger charge is -2.22. The molecule has 25 heavy (non-hydrogen) atoms. The van der Waals surface area contributed by atoms with Gasteiger partial charge in [0.2, 0.25) is 0 Å². The second-order valence-corrected chi connectivity index (χ2v) is 6.70.